The maximum atomic E-state index is 11.4. The highest BCUT2D eigenvalue weighted by Gasteiger charge is 2.42. The van der Waals surface area contributed by atoms with Gasteiger partial charge in [0.05, 0.1) is 17.0 Å². The molecule has 112 valence electrons. The monoisotopic (exact) mass is 299 g/mol. The number of nitrogens with one attached hydrogen (secondary N) is 1. The van der Waals surface area contributed by atoms with E-state index in [4.69, 9.17) is 9.47 Å². The molecule has 1 N–H and O–H groups in total. The van der Waals surface area contributed by atoms with Crippen LogP contribution in [-0.4, -0.2) is 46.6 Å². The average Bonchev–Trinajstić information content (AvgIpc) is 2.37. The van der Waals surface area contributed by atoms with Crippen LogP contribution in [0, 0.1) is 0 Å². The predicted octanol–water partition coefficient (Wildman–Crippen LogP) is 1.69. The minimum atomic E-state index is -3.14. The normalized spacial score (nSPS) is 26.1. The van der Waals surface area contributed by atoms with E-state index >= 15 is 0 Å². The van der Waals surface area contributed by atoms with Crippen molar-refractivity contribution in [3.63, 3.8) is 0 Å². The molecule has 20 heavy (non-hydrogen) atoms. The molecule has 1 fully saturated rings. The lowest BCUT2D eigenvalue weighted by Gasteiger charge is -2.43. The lowest BCUT2D eigenvalue weighted by Crippen LogP contribution is -2.56. The Labute approximate surface area is 120 Å². The van der Waals surface area contributed by atoms with Gasteiger partial charge in [-0.05, 0) is 37.6 Å². The second-order valence-electron chi connectivity index (χ2n) is 4.98. The molecular formula is C14H21NO4S. The molecule has 5 nitrogen and oxygen atoms in total. The summed E-state index contributed by atoms with van der Waals surface area (Å²) in [6, 6.07) is 6.96. The molecule has 0 saturated heterocycles. The first kappa shape index (κ1) is 15.3. The van der Waals surface area contributed by atoms with Crippen molar-refractivity contribution in [3.8, 4) is 0 Å². The van der Waals surface area contributed by atoms with Crippen LogP contribution in [0.1, 0.15) is 13.3 Å². The Morgan fingerprint density at radius 2 is 1.95 bits per heavy atom. The topological polar surface area (TPSA) is 64.6 Å². The zero-order valence-corrected chi connectivity index (χ0v) is 12.8. The van der Waals surface area contributed by atoms with E-state index in [1.807, 2.05) is 6.92 Å². The molecule has 3 atom stereocenters. The zero-order chi connectivity index (χ0) is 14.8. The Bertz CT molecular complexity index is 541. The van der Waals surface area contributed by atoms with Crippen molar-refractivity contribution in [3.05, 3.63) is 24.3 Å². The molecule has 0 heterocycles. The molecule has 1 aliphatic carbocycles. The van der Waals surface area contributed by atoms with E-state index in [2.05, 4.69) is 5.32 Å². The summed E-state index contributed by atoms with van der Waals surface area (Å²) in [5.74, 6) is 0. The summed E-state index contributed by atoms with van der Waals surface area (Å²) in [5.41, 5.74) is 0.888. The van der Waals surface area contributed by atoms with Gasteiger partial charge in [-0.15, -0.1) is 0 Å². The van der Waals surface area contributed by atoms with E-state index in [-0.39, 0.29) is 18.2 Å². The lowest BCUT2D eigenvalue weighted by atomic mass is 9.85. The van der Waals surface area contributed by atoms with E-state index in [1.165, 1.54) is 6.26 Å². The number of anilines is 1. The largest absolute Gasteiger partial charge is 0.379 e. The summed E-state index contributed by atoms with van der Waals surface area (Å²) in [7, 11) is -1.47. The minimum Gasteiger partial charge on any atom is -0.379 e. The zero-order valence-electron chi connectivity index (χ0n) is 12.0. The standard InChI is InChI=1S/C14H21NO4S/c1-4-19-13-9-12(14(13)18-2)15-10-5-7-11(8-6-10)20(3,16)17/h5-8,12-15H,4,9H2,1-3H3. The predicted molar refractivity (Wildman–Crippen MR) is 77.8 cm³/mol. The summed E-state index contributed by atoms with van der Waals surface area (Å²) < 4.78 is 33.8. The molecule has 0 spiro atoms. The van der Waals surface area contributed by atoms with Crippen LogP contribution in [0.25, 0.3) is 0 Å². The molecule has 1 saturated carbocycles. The summed E-state index contributed by atoms with van der Waals surface area (Å²) in [6.45, 7) is 2.65. The number of hydrogen-bond acceptors (Lipinski definition) is 5. The van der Waals surface area contributed by atoms with E-state index in [9.17, 15) is 8.42 Å². The van der Waals surface area contributed by atoms with Crippen molar-refractivity contribution in [2.45, 2.75) is 36.5 Å². The molecule has 1 aliphatic rings. The molecule has 0 bridgehead atoms. The van der Waals surface area contributed by atoms with Crippen LogP contribution >= 0.6 is 0 Å². The summed E-state index contributed by atoms with van der Waals surface area (Å²) in [6.07, 6.45) is 2.26. The van der Waals surface area contributed by atoms with E-state index in [0.717, 1.165) is 12.1 Å². The molecule has 1 aromatic rings. The lowest BCUT2D eigenvalue weighted by molar-refractivity contribution is -0.118. The third-order valence-corrected chi connectivity index (χ3v) is 4.67. The van der Waals surface area contributed by atoms with Gasteiger partial charge in [0.1, 0.15) is 6.10 Å². The average molecular weight is 299 g/mol. The maximum absolute atomic E-state index is 11.4. The third-order valence-electron chi connectivity index (χ3n) is 3.54. The highest BCUT2D eigenvalue weighted by molar-refractivity contribution is 7.90. The first-order valence-electron chi connectivity index (χ1n) is 6.66. The van der Waals surface area contributed by atoms with Gasteiger partial charge in [-0.3, -0.25) is 0 Å². The molecule has 0 amide bonds. The van der Waals surface area contributed by atoms with Gasteiger partial charge in [0.2, 0.25) is 0 Å². The van der Waals surface area contributed by atoms with Gasteiger partial charge in [-0.2, -0.15) is 0 Å². The first-order valence-corrected chi connectivity index (χ1v) is 8.56. The molecule has 2 rings (SSSR count). The minimum absolute atomic E-state index is 0.0320. The molecular weight excluding hydrogens is 278 g/mol. The number of benzene rings is 1. The van der Waals surface area contributed by atoms with Gasteiger partial charge in [0.25, 0.3) is 0 Å². The van der Waals surface area contributed by atoms with Crippen molar-refractivity contribution in [1.29, 1.82) is 0 Å². The fourth-order valence-electron chi connectivity index (χ4n) is 2.43. The highest BCUT2D eigenvalue weighted by atomic mass is 32.2. The van der Waals surface area contributed by atoms with Gasteiger partial charge in [0.15, 0.2) is 9.84 Å². The van der Waals surface area contributed by atoms with Gasteiger partial charge < -0.3 is 14.8 Å². The van der Waals surface area contributed by atoms with Crippen LogP contribution in [0.3, 0.4) is 0 Å². The van der Waals surface area contributed by atoms with Crippen LogP contribution in [0.4, 0.5) is 5.69 Å². The number of hydrogen-bond donors (Lipinski definition) is 1. The van der Waals surface area contributed by atoms with Crippen molar-refractivity contribution >= 4 is 15.5 Å². The highest BCUT2D eigenvalue weighted by Crippen LogP contribution is 2.30. The van der Waals surface area contributed by atoms with Gasteiger partial charge in [-0.25, -0.2) is 8.42 Å². The Morgan fingerprint density at radius 1 is 1.30 bits per heavy atom. The van der Waals surface area contributed by atoms with Crippen molar-refractivity contribution in [2.75, 3.05) is 25.3 Å². The van der Waals surface area contributed by atoms with Gasteiger partial charge >= 0.3 is 0 Å². The Hall–Kier alpha value is -1.11. The van der Waals surface area contributed by atoms with Gasteiger partial charge in [0, 0.05) is 25.7 Å². The van der Waals surface area contributed by atoms with Crippen molar-refractivity contribution in [1.82, 2.24) is 0 Å². The van der Waals surface area contributed by atoms with Crippen LogP contribution in [0.5, 0.6) is 0 Å². The van der Waals surface area contributed by atoms with E-state index < -0.39 is 9.84 Å². The Morgan fingerprint density at radius 3 is 2.45 bits per heavy atom. The Balaban J connectivity index is 1.98. The second kappa shape index (κ2) is 6.11. The maximum Gasteiger partial charge on any atom is 0.175 e. The van der Waals surface area contributed by atoms with Crippen LogP contribution < -0.4 is 5.32 Å². The van der Waals surface area contributed by atoms with E-state index in [1.54, 1.807) is 31.4 Å². The fourth-order valence-corrected chi connectivity index (χ4v) is 3.06. The SMILES string of the molecule is CCOC1CC(Nc2ccc(S(C)(=O)=O)cc2)C1OC. The first-order chi connectivity index (χ1) is 9.45. The molecule has 0 radical (unpaired) electrons. The molecule has 6 heteroatoms. The summed E-state index contributed by atoms with van der Waals surface area (Å²) in [4.78, 5) is 0.326. The quantitative estimate of drug-likeness (QED) is 0.866. The number of sulfone groups is 1. The van der Waals surface area contributed by atoms with Crippen LogP contribution in [-0.2, 0) is 19.3 Å². The van der Waals surface area contributed by atoms with Crippen molar-refractivity contribution < 1.29 is 17.9 Å². The smallest absolute Gasteiger partial charge is 0.175 e. The number of rotatable bonds is 6. The molecule has 3 unspecified atom stereocenters. The van der Waals surface area contributed by atoms with Crippen LogP contribution in [0.2, 0.25) is 0 Å². The molecule has 1 aromatic carbocycles. The Kier molecular flexibility index (Phi) is 4.67. The third kappa shape index (κ3) is 3.31. The van der Waals surface area contributed by atoms with Gasteiger partial charge in [-0.1, -0.05) is 0 Å². The molecule has 0 aliphatic heterocycles. The number of ether oxygens (including phenoxy) is 2. The van der Waals surface area contributed by atoms with Crippen LogP contribution in [0.15, 0.2) is 29.2 Å². The van der Waals surface area contributed by atoms with Crippen molar-refractivity contribution in [2.24, 2.45) is 0 Å². The number of methoxy groups -OCH3 is 1. The summed E-state index contributed by atoms with van der Waals surface area (Å²) >= 11 is 0. The van der Waals surface area contributed by atoms with E-state index in [0.29, 0.717) is 11.5 Å². The fraction of sp³-hybridized carbons (Fsp3) is 0.571. The second-order valence-corrected chi connectivity index (χ2v) is 6.99. The molecule has 0 aromatic heterocycles. The summed E-state index contributed by atoms with van der Waals surface area (Å²) in [5, 5.41) is 3.35.